The first-order valence-corrected chi connectivity index (χ1v) is 7.15. The third kappa shape index (κ3) is 4.21. The lowest BCUT2D eigenvalue weighted by molar-refractivity contribution is 0.414. The van der Waals surface area contributed by atoms with Crippen LogP contribution in [-0.4, -0.2) is 22.9 Å². The van der Waals surface area contributed by atoms with E-state index in [0.29, 0.717) is 0 Å². The fourth-order valence-corrected chi connectivity index (χ4v) is 2.65. The number of rotatable bonds is 6. The summed E-state index contributed by atoms with van der Waals surface area (Å²) in [5.41, 5.74) is 1.18. The molecule has 0 saturated carbocycles. The molecule has 0 fully saturated rings. The second kappa shape index (κ2) is 7.26. The number of hydrogen-bond acceptors (Lipinski definition) is 4. The Balaban J connectivity index is 2.01. The van der Waals surface area contributed by atoms with E-state index >= 15 is 0 Å². The summed E-state index contributed by atoms with van der Waals surface area (Å²) < 4.78 is 20.4. The van der Waals surface area contributed by atoms with Gasteiger partial charge in [-0.2, -0.15) is 0 Å². The Bertz CT molecular complexity index is 548. The van der Waals surface area contributed by atoms with Crippen molar-refractivity contribution >= 4 is 11.9 Å². The molecule has 5 heteroatoms. The lowest BCUT2D eigenvalue weighted by atomic mass is 10.2. The van der Waals surface area contributed by atoms with Gasteiger partial charge >= 0.3 is 0 Å². The topological polar surface area (TPSA) is 25.4 Å². The molecule has 0 amide bonds. The van der Waals surface area contributed by atoms with Gasteiger partial charge in [0, 0.05) is 24.2 Å². The Hall–Kier alpha value is -1.59. The van der Waals surface area contributed by atoms with Gasteiger partial charge in [-0.05, 0) is 35.7 Å². The Labute approximate surface area is 122 Å². The molecule has 0 unspecified atom stereocenters. The molecule has 0 atom stereocenters. The van der Waals surface area contributed by atoms with Crippen molar-refractivity contribution in [2.75, 3.05) is 13.7 Å². The van der Waals surface area contributed by atoms with Crippen molar-refractivity contribution in [1.29, 1.82) is 0 Å². The summed E-state index contributed by atoms with van der Waals surface area (Å²) >= 11 is 1.51. The molecule has 1 aromatic carbocycles. The molecule has 0 radical (unpaired) electrons. The number of halogens is 1. The summed E-state index contributed by atoms with van der Waals surface area (Å²) in [4.78, 5) is 4.67. The SMILES string of the molecule is CCN(Cc1ccc(OC)cc1)Sc1cncc(F)c1. The molecule has 0 aliphatic heterocycles. The van der Waals surface area contributed by atoms with Crippen LogP contribution in [0.25, 0.3) is 0 Å². The van der Waals surface area contributed by atoms with Crippen LogP contribution in [0, 0.1) is 5.82 Å². The first kappa shape index (κ1) is 14.8. The highest BCUT2D eigenvalue weighted by Gasteiger charge is 2.07. The minimum Gasteiger partial charge on any atom is -0.497 e. The van der Waals surface area contributed by atoms with E-state index in [4.69, 9.17) is 4.74 Å². The predicted molar refractivity (Wildman–Crippen MR) is 79.1 cm³/mol. The minimum atomic E-state index is -0.310. The fourth-order valence-electron chi connectivity index (χ4n) is 1.73. The van der Waals surface area contributed by atoms with Crippen molar-refractivity contribution in [2.24, 2.45) is 0 Å². The average Bonchev–Trinajstić information content (AvgIpc) is 2.47. The van der Waals surface area contributed by atoms with Gasteiger partial charge in [0.1, 0.15) is 11.6 Å². The Morgan fingerprint density at radius 2 is 2.00 bits per heavy atom. The molecule has 1 aromatic heterocycles. The van der Waals surface area contributed by atoms with Gasteiger partial charge in [-0.3, -0.25) is 4.98 Å². The zero-order valence-electron chi connectivity index (χ0n) is 11.5. The molecule has 1 heterocycles. The van der Waals surface area contributed by atoms with Crippen LogP contribution in [0.2, 0.25) is 0 Å². The number of ether oxygens (including phenoxy) is 1. The molecule has 0 bridgehead atoms. The number of benzene rings is 1. The molecule has 0 saturated heterocycles. The van der Waals surface area contributed by atoms with E-state index in [1.165, 1.54) is 29.8 Å². The maximum Gasteiger partial charge on any atom is 0.142 e. The van der Waals surface area contributed by atoms with Gasteiger partial charge in [-0.25, -0.2) is 8.70 Å². The molecule has 20 heavy (non-hydrogen) atoms. The van der Waals surface area contributed by atoms with Crippen LogP contribution in [-0.2, 0) is 6.54 Å². The van der Waals surface area contributed by atoms with Gasteiger partial charge in [0.25, 0.3) is 0 Å². The maximum absolute atomic E-state index is 13.1. The molecule has 2 aromatic rings. The number of pyridine rings is 1. The monoisotopic (exact) mass is 292 g/mol. The van der Waals surface area contributed by atoms with Gasteiger partial charge < -0.3 is 4.74 Å². The van der Waals surface area contributed by atoms with Gasteiger partial charge in [0.05, 0.1) is 13.3 Å². The minimum absolute atomic E-state index is 0.310. The summed E-state index contributed by atoms with van der Waals surface area (Å²) in [6.45, 7) is 3.71. The number of nitrogens with zero attached hydrogens (tertiary/aromatic N) is 2. The highest BCUT2D eigenvalue weighted by molar-refractivity contribution is 7.97. The standard InChI is InChI=1S/C15H17FN2OS/c1-3-18(20-15-8-13(16)9-17-10-15)11-12-4-6-14(19-2)7-5-12/h4-10H,3,11H2,1-2H3. The van der Waals surface area contributed by atoms with Gasteiger partial charge in [0.15, 0.2) is 0 Å². The zero-order chi connectivity index (χ0) is 14.4. The van der Waals surface area contributed by atoms with Gasteiger partial charge in [-0.1, -0.05) is 19.1 Å². The lowest BCUT2D eigenvalue weighted by Gasteiger charge is -2.19. The van der Waals surface area contributed by atoms with Crippen molar-refractivity contribution in [3.05, 3.63) is 54.1 Å². The second-order valence-corrected chi connectivity index (χ2v) is 5.40. The molecular formula is C15H17FN2OS. The third-order valence-corrected chi connectivity index (χ3v) is 3.86. The van der Waals surface area contributed by atoms with E-state index in [-0.39, 0.29) is 5.82 Å². The summed E-state index contributed by atoms with van der Waals surface area (Å²) in [7, 11) is 1.65. The van der Waals surface area contributed by atoms with E-state index in [9.17, 15) is 4.39 Å². The van der Waals surface area contributed by atoms with Crippen LogP contribution in [0.1, 0.15) is 12.5 Å². The Kier molecular flexibility index (Phi) is 5.38. The molecule has 0 N–H and O–H groups in total. The van der Waals surface area contributed by atoms with Crippen LogP contribution in [0.3, 0.4) is 0 Å². The van der Waals surface area contributed by atoms with Crippen molar-refractivity contribution < 1.29 is 9.13 Å². The number of hydrogen-bond donors (Lipinski definition) is 0. The third-order valence-electron chi connectivity index (χ3n) is 2.78. The van der Waals surface area contributed by atoms with Crippen molar-refractivity contribution in [3.8, 4) is 5.75 Å². The van der Waals surface area contributed by atoms with E-state index in [2.05, 4.69) is 16.2 Å². The second-order valence-electron chi connectivity index (χ2n) is 4.23. The molecule has 106 valence electrons. The van der Waals surface area contributed by atoms with Crippen molar-refractivity contribution in [2.45, 2.75) is 18.4 Å². The average molecular weight is 292 g/mol. The highest BCUT2D eigenvalue weighted by atomic mass is 32.2. The van der Waals surface area contributed by atoms with Crippen LogP contribution in [0.5, 0.6) is 5.75 Å². The summed E-state index contributed by atoms with van der Waals surface area (Å²) in [6, 6.07) is 9.45. The van der Waals surface area contributed by atoms with E-state index in [1.807, 2.05) is 24.3 Å². The molecular weight excluding hydrogens is 275 g/mol. The molecule has 0 aliphatic carbocycles. The normalized spacial score (nSPS) is 10.8. The van der Waals surface area contributed by atoms with E-state index < -0.39 is 0 Å². The van der Waals surface area contributed by atoms with Crippen LogP contribution < -0.4 is 4.74 Å². The summed E-state index contributed by atoms with van der Waals surface area (Å²) in [6.07, 6.45) is 2.88. The first-order chi connectivity index (χ1) is 9.71. The quantitative estimate of drug-likeness (QED) is 0.757. The van der Waals surface area contributed by atoms with Crippen LogP contribution in [0.4, 0.5) is 4.39 Å². The Morgan fingerprint density at radius 1 is 1.25 bits per heavy atom. The summed E-state index contributed by atoms with van der Waals surface area (Å²) in [5, 5.41) is 0. The van der Waals surface area contributed by atoms with Crippen LogP contribution in [0.15, 0.2) is 47.6 Å². The summed E-state index contributed by atoms with van der Waals surface area (Å²) in [5.74, 6) is 0.536. The smallest absolute Gasteiger partial charge is 0.142 e. The van der Waals surface area contributed by atoms with Crippen molar-refractivity contribution in [1.82, 2.24) is 9.29 Å². The number of aromatic nitrogens is 1. The maximum atomic E-state index is 13.1. The molecule has 0 aliphatic rings. The van der Waals surface area contributed by atoms with E-state index in [1.54, 1.807) is 13.3 Å². The van der Waals surface area contributed by atoms with Crippen molar-refractivity contribution in [3.63, 3.8) is 0 Å². The van der Waals surface area contributed by atoms with E-state index in [0.717, 1.165) is 23.7 Å². The predicted octanol–water partition coefficient (Wildman–Crippen LogP) is 3.76. The Morgan fingerprint density at radius 3 is 2.60 bits per heavy atom. The lowest BCUT2D eigenvalue weighted by Crippen LogP contribution is -2.14. The molecule has 3 nitrogen and oxygen atoms in total. The first-order valence-electron chi connectivity index (χ1n) is 6.37. The fraction of sp³-hybridized carbons (Fsp3) is 0.267. The highest BCUT2D eigenvalue weighted by Crippen LogP contribution is 2.24. The van der Waals surface area contributed by atoms with Gasteiger partial charge in [-0.15, -0.1) is 0 Å². The number of methoxy groups -OCH3 is 1. The van der Waals surface area contributed by atoms with Gasteiger partial charge in [0.2, 0.25) is 0 Å². The van der Waals surface area contributed by atoms with Crippen LogP contribution >= 0.6 is 11.9 Å². The largest absolute Gasteiger partial charge is 0.497 e. The molecule has 0 spiro atoms. The molecule has 2 rings (SSSR count). The zero-order valence-corrected chi connectivity index (χ0v) is 12.4.